The number of aromatic amines is 1. The lowest BCUT2D eigenvalue weighted by Gasteiger charge is -2.20. The highest BCUT2D eigenvalue weighted by Gasteiger charge is 2.36. The van der Waals surface area contributed by atoms with Gasteiger partial charge in [0.2, 0.25) is 0 Å². The Hall–Kier alpha value is -0.283. The molecule has 0 radical (unpaired) electrons. The number of hydrogen-bond acceptors (Lipinski definition) is 4. The number of H-pyrrole nitrogens is 1. The minimum atomic E-state index is -1.13. The van der Waals surface area contributed by atoms with E-state index in [1.165, 1.54) is 10.6 Å². The Morgan fingerprint density at radius 2 is 2.23 bits per heavy atom. The van der Waals surface area contributed by atoms with E-state index in [2.05, 4.69) is 40.6 Å². The Kier molecular flexibility index (Phi) is 5.82. The van der Waals surface area contributed by atoms with Crippen LogP contribution in [0.1, 0.15) is 19.1 Å². The molecular weight excluding hydrogens is 384 g/mol. The van der Waals surface area contributed by atoms with Gasteiger partial charge in [-0.15, -0.1) is 0 Å². The fourth-order valence-corrected chi connectivity index (χ4v) is 4.44. The van der Waals surface area contributed by atoms with Gasteiger partial charge in [-0.2, -0.15) is 0 Å². The van der Waals surface area contributed by atoms with Gasteiger partial charge in [0.1, 0.15) is 10.9 Å². The maximum atomic E-state index is 12.1. The van der Waals surface area contributed by atoms with E-state index in [9.17, 15) is 9.90 Å². The normalized spacial score (nSPS) is 25.6. The van der Waals surface area contributed by atoms with E-state index in [1.54, 1.807) is 6.20 Å². The van der Waals surface area contributed by atoms with E-state index in [-0.39, 0.29) is 30.5 Å². The Balaban J connectivity index is 2.16. The zero-order valence-corrected chi connectivity index (χ0v) is 16.5. The summed E-state index contributed by atoms with van der Waals surface area (Å²) in [6.07, 6.45) is 2.90. The molecule has 2 rings (SSSR count). The van der Waals surface area contributed by atoms with Gasteiger partial charge in [0.15, 0.2) is 0 Å². The molecule has 1 aromatic rings. The summed E-state index contributed by atoms with van der Waals surface area (Å²) in [4.78, 5) is 14.7. The van der Waals surface area contributed by atoms with Crippen LogP contribution in [0, 0.1) is 10.6 Å². The van der Waals surface area contributed by atoms with Gasteiger partial charge in [-0.25, -0.2) is 4.79 Å². The highest BCUT2D eigenvalue weighted by Crippen LogP contribution is 2.36. The zero-order valence-electron chi connectivity index (χ0n) is 13.1. The standard InChI is InChI=1S/C14H23BrN2O3SSi/c1-22(2,3)5-4-9-6-12(20-11(9)8-18)17-7-10(15)13(21)16-14(17)19/h7,9,11-12,18H,4-6,8H2,1-3H3,(H,16,19,21)/t9?,11-,12-/m0/s1. The molecule has 1 fully saturated rings. The van der Waals surface area contributed by atoms with Crippen molar-refractivity contribution >= 4 is 36.2 Å². The van der Waals surface area contributed by atoms with E-state index in [1.807, 2.05) is 0 Å². The Bertz CT molecular complexity index is 640. The molecular formula is C14H23BrN2O3SSi. The molecule has 2 heterocycles. The van der Waals surface area contributed by atoms with Gasteiger partial charge < -0.3 is 9.84 Å². The zero-order chi connectivity index (χ0) is 16.5. The second kappa shape index (κ2) is 7.08. The summed E-state index contributed by atoms with van der Waals surface area (Å²) in [5.74, 6) is 0.288. The van der Waals surface area contributed by atoms with Crippen LogP contribution in [0.3, 0.4) is 0 Å². The molecule has 2 N–H and O–H groups in total. The van der Waals surface area contributed by atoms with Gasteiger partial charge in [0, 0.05) is 14.3 Å². The van der Waals surface area contributed by atoms with Crippen molar-refractivity contribution < 1.29 is 9.84 Å². The molecule has 5 nitrogen and oxygen atoms in total. The van der Waals surface area contributed by atoms with Gasteiger partial charge in [-0.05, 0) is 28.3 Å². The first-order valence-electron chi connectivity index (χ1n) is 7.48. The predicted octanol–water partition coefficient (Wildman–Crippen LogP) is 3.29. The molecule has 0 aromatic carbocycles. The maximum Gasteiger partial charge on any atom is 0.328 e. The highest BCUT2D eigenvalue weighted by molar-refractivity contribution is 9.10. The van der Waals surface area contributed by atoms with E-state index >= 15 is 0 Å². The quantitative estimate of drug-likeness (QED) is 0.581. The molecule has 8 heteroatoms. The molecule has 0 bridgehead atoms. The van der Waals surface area contributed by atoms with Crippen LogP contribution < -0.4 is 5.69 Å². The number of aliphatic hydroxyl groups excluding tert-OH is 1. The third-order valence-electron chi connectivity index (χ3n) is 4.04. The number of hydrogen-bond donors (Lipinski definition) is 2. The van der Waals surface area contributed by atoms with Crippen molar-refractivity contribution in [3.8, 4) is 0 Å². The van der Waals surface area contributed by atoms with Crippen molar-refractivity contribution in [2.24, 2.45) is 5.92 Å². The fraction of sp³-hybridized carbons (Fsp3) is 0.714. The van der Waals surface area contributed by atoms with Crippen molar-refractivity contribution in [3.05, 3.63) is 25.8 Å². The molecule has 1 unspecified atom stereocenters. The average Bonchev–Trinajstić information content (AvgIpc) is 2.83. The smallest absolute Gasteiger partial charge is 0.328 e. The first-order chi connectivity index (χ1) is 10.2. The molecule has 3 atom stereocenters. The molecule has 1 aliphatic heterocycles. The molecule has 124 valence electrons. The molecule has 1 aromatic heterocycles. The topological polar surface area (TPSA) is 67.2 Å². The van der Waals surface area contributed by atoms with Crippen LogP contribution in [0.15, 0.2) is 15.5 Å². The Morgan fingerprint density at radius 1 is 1.55 bits per heavy atom. The summed E-state index contributed by atoms with van der Waals surface area (Å²) in [5, 5.41) is 9.56. The first-order valence-corrected chi connectivity index (χ1v) is 12.4. The van der Waals surface area contributed by atoms with Crippen LogP contribution in [0.5, 0.6) is 0 Å². The van der Waals surface area contributed by atoms with Gasteiger partial charge in [-0.1, -0.05) is 44.3 Å². The number of rotatable bonds is 5. The molecule has 1 aliphatic rings. The van der Waals surface area contributed by atoms with Crippen molar-refractivity contribution in [2.45, 2.75) is 50.9 Å². The second-order valence-corrected chi connectivity index (χ2v) is 13.9. The third-order valence-corrected chi connectivity index (χ3v) is 7.02. The van der Waals surface area contributed by atoms with E-state index < -0.39 is 8.07 Å². The summed E-state index contributed by atoms with van der Waals surface area (Å²) >= 11 is 8.37. The van der Waals surface area contributed by atoms with Crippen LogP contribution in [0.25, 0.3) is 0 Å². The van der Waals surface area contributed by atoms with Gasteiger partial charge in [0.25, 0.3) is 0 Å². The van der Waals surface area contributed by atoms with Crippen LogP contribution in [0.4, 0.5) is 0 Å². The van der Waals surface area contributed by atoms with Crippen molar-refractivity contribution in [1.82, 2.24) is 9.55 Å². The molecule has 0 amide bonds. The first kappa shape index (κ1) is 18.1. The van der Waals surface area contributed by atoms with E-state index in [0.717, 1.165) is 12.8 Å². The number of nitrogens with one attached hydrogen (secondary N) is 1. The summed E-state index contributed by atoms with van der Waals surface area (Å²) in [6.45, 7) is 7.01. The van der Waals surface area contributed by atoms with Gasteiger partial charge in [0.05, 0.1) is 17.2 Å². The van der Waals surface area contributed by atoms with Crippen molar-refractivity contribution in [3.63, 3.8) is 0 Å². The van der Waals surface area contributed by atoms with Crippen LogP contribution >= 0.6 is 28.1 Å². The van der Waals surface area contributed by atoms with Crippen LogP contribution in [-0.4, -0.2) is 35.4 Å². The largest absolute Gasteiger partial charge is 0.394 e. The molecule has 0 saturated carbocycles. The second-order valence-electron chi connectivity index (χ2n) is 7.05. The number of nitrogens with zero attached hydrogens (tertiary/aromatic N) is 1. The monoisotopic (exact) mass is 406 g/mol. The van der Waals surface area contributed by atoms with Crippen LogP contribution in [-0.2, 0) is 4.74 Å². The lowest BCUT2D eigenvalue weighted by molar-refractivity contribution is -0.0329. The number of aliphatic hydroxyl groups is 1. The van der Waals surface area contributed by atoms with Crippen LogP contribution in [0.2, 0.25) is 25.7 Å². The number of ether oxygens (including phenoxy) is 1. The lowest BCUT2D eigenvalue weighted by Crippen LogP contribution is -2.27. The number of aromatic nitrogens is 2. The van der Waals surface area contributed by atoms with Crippen molar-refractivity contribution in [1.29, 1.82) is 0 Å². The fourth-order valence-electron chi connectivity index (χ4n) is 2.75. The summed E-state index contributed by atoms with van der Waals surface area (Å²) in [7, 11) is -1.13. The van der Waals surface area contributed by atoms with Gasteiger partial charge in [-0.3, -0.25) is 9.55 Å². The van der Waals surface area contributed by atoms with E-state index in [4.69, 9.17) is 17.0 Å². The Morgan fingerprint density at radius 3 is 2.82 bits per heavy atom. The van der Waals surface area contributed by atoms with Crippen molar-refractivity contribution in [2.75, 3.05) is 6.61 Å². The summed E-state index contributed by atoms with van der Waals surface area (Å²) in [5.41, 5.74) is -0.277. The maximum absolute atomic E-state index is 12.1. The number of halogens is 1. The lowest BCUT2D eigenvalue weighted by atomic mass is 9.98. The predicted molar refractivity (Wildman–Crippen MR) is 95.5 cm³/mol. The molecule has 0 aliphatic carbocycles. The minimum Gasteiger partial charge on any atom is -0.394 e. The molecule has 1 saturated heterocycles. The van der Waals surface area contributed by atoms with E-state index in [0.29, 0.717) is 9.11 Å². The third kappa shape index (κ3) is 4.38. The SMILES string of the molecule is C[Si](C)(C)CCC1C[C@@H](n2cc(Br)c(=S)[nH]c2=O)O[C@H]1CO. The molecule has 0 spiro atoms. The summed E-state index contributed by atoms with van der Waals surface area (Å²) in [6, 6.07) is 1.19. The van der Waals surface area contributed by atoms with Gasteiger partial charge >= 0.3 is 5.69 Å². The minimum absolute atomic E-state index is 0.00831. The molecule has 22 heavy (non-hydrogen) atoms. The Labute approximate surface area is 144 Å². The summed E-state index contributed by atoms with van der Waals surface area (Å²) < 4.78 is 8.47. The average molecular weight is 407 g/mol. The highest BCUT2D eigenvalue weighted by atomic mass is 79.9.